The summed E-state index contributed by atoms with van der Waals surface area (Å²) in [6.45, 7) is 1.38. The molecule has 0 bridgehead atoms. The third-order valence-corrected chi connectivity index (χ3v) is 2.58. The Morgan fingerprint density at radius 2 is 2.19 bits per heavy atom. The third kappa shape index (κ3) is 2.72. The first-order valence-electron chi connectivity index (χ1n) is 5.03. The van der Waals surface area contributed by atoms with Gasteiger partial charge in [-0.15, -0.1) is 5.06 Å². The minimum absolute atomic E-state index is 0.365. The Kier molecular flexibility index (Phi) is 3.77. The second-order valence-corrected chi connectivity index (χ2v) is 3.90. The maximum atomic E-state index is 11.7. The molecule has 1 heterocycles. The predicted octanol–water partition coefficient (Wildman–Crippen LogP) is 1.66. The molecular weight excluding hydrogens is 230 g/mol. The summed E-state index contributed by atoms with van der Waals surface area (Å²) < 4.78 is 5.13. The molecule has 0 spiro atoms. The fraction of sp³-hybridized carbons (Fsp3) is 0.364. The van der Waals surface area contributed by atoms with Crippen LogP contribution in [0.3, 0.4) is 0 Å². The van der Waals surface area contributed by atoms with Crippen molar-refractivity contribution in [2.75, 3.05) is 19.8 Å². The van der Waals surface area contributed by atoms with E-state index < -0.39 is 11.5 Å². The van der Waals surface area contributed by atoms with Crippen molar-refractivity contribution in [1.29, 1.82) is 0 Å². The van der Waals surface area contributed by atoms with Crippen molar-refractivity contribution in [2.24, 2.45) is 0 Å². The molecule has 1 aliphatic heterocycles. The topological polar surface area (TPSA) is 38.8 Å². The molecule has 1 fully saturated rings. The van der Waals surface area contributed by atoms with Crippen molar-refractivity contribution in [3.63, 3.8) is 0 Å². The van der Waals surface area contributed by atoms with E-state index in [1.165, 1.54) is 5.06 Å². The Labute approximate surface area is 98.7 Å². The maximum absolute atomic E-state index is 11.7. The van der Waals surface area contributed by atoms with Gasteiger partial charge in [-0.3, -0.25) is 0 Å². The Morgan fingerprint density at radius 1 is 1.44 bits per heavy atom. The number of hydrogen-bond donors (Lipinski definition) is 0. The second kappa shape index (κ2) is 5.30. The van der Waals surface area contributed by atoms with Crippen molar-refractivity contribution in [3.8, 4) is 0 Å². The van der Waals surface area contributed by atoms with Crippen LogP contribution in [-0.2, 0) is 9.57 Å². The number of hydroxylamine groups is 2. The van der Waals surface area contributed by atoms with E-state index >= 15 is 0 Å². The summed E-state index contributed by atoms with van der Waals surface area (Å²) >= 11 is 5.94. The first-order chi connectivity index (χ1) is 7.77. The van der Waals surface area contributed by atoms with E-state index in [0.29, 0.717) is 25.3 Å². The minimum atomic E-state index is -0.415. The molecule has 16 heavy (non-hydrogen) atoms. The Hall–Kier alpha value is -1.10. The summed E-state index contributed by atoms with van der Waals surface area (Å²) in [6.07, 6.45) is 0. The van der Waals surface area contributed by atoms with Gasteiger partial charge in [0.15, 0.2) is 0 Å². The lowest BCUT2D eigenvalue weighted by atomic mass is 10.2. The Bertz CT molecular complexity index is 358. The molecule has 1 atom stereocenters. The molecule has 1 unspecified atom stereocenters. The zero-order valence-corrected chi connectivity index (χ0v) is 9.39. The lowest BCUT2D eigenvalue weighted by Crippen LogP contribution is -2.43. The summed E-state index contributed by atoms with van der Waals surface area (Å²) in [4.78, 5) is 16.9. The number of hydrogen-bond acceptors (Lipinski definition) is 4. The van der Waals surface area contributed by atoms with E-state index in [-0.39, 0.29) is 0 Å². The lowest BCUT2D eigenvalue weighted by Gasteiger charge is -2.29. The lowest BCUT2D eigenvalue weighted by molar-refractivity contribution is -0.163. The Balaban J connectivity index is 1.96. The number of carbonyl (C=O) groups is 1. The second-order valence-electron chi connectivity index (χ2n) is 3.39. The van der Waals surface area contributed by atoms with Gasteiger partial charge in [0.05, 0.1) is 25.3 Å². The monoisotopic (exact) mass is 241 g/mol. The SMILES string of the molecule is O=C(ON1CCOCC1Cl)c1ccccc1. The largest absolute Gasteiger partial charge is 0.377 e. The van der Waals surface area contributed by atoms with Gasteiger partial charge in [0.2, 0.25) is 0 Å². The van der Waals surface area contributed by atoms with Crippen LogP contribution in [0.1, 0.15) is 10.4 Å². The average molecular weight is 242 g/mol. The van der Waals surface area contributed by atoms with E-state index in [2.05, 4.69) is 0 Å². The van der Waals surface area contributed by atoms with E-state index in [1.54, 1.807) is 24.3 Å². The standard InChI is InChI=1S/C11H12ClNO3/c12-10-8-15-7-6-13(10)16-11(14)9-4-2-1-3-5-9/h1-5,10H,6-8H2. The number of benzene rings is 1. The average Bonchev–Trinajstić information content (AvgIpc) is 2.33. The van der Waals surface area contributed by atoms with Gasteiger partial charge in [0.25, 0.3) is 0 Å². The molecular formula is C11H12ClNO3. The highest BCUT2D eigenvalue weighted by Crippen LogP contribution is 2.13. The molecule has 0 saturated carbocycles. The van der Waals surface area contributed by atoms with Crippen LogP contribution in [-0.4, -0.2) is 36.3 Å². The molecule has 0 radical (unpaired) electrons. The van der Waals surface area contributed by atoms with Gasteiger partial charge >= 0.3 is 5.97 Å². The number of nitrogens with zero attached hydrogens (tertiary/aromatic N) is 1. The van der Waals surface area contributed by atoms with Gasteiger partial charge in [-0.05, 0) is 12.1 Å². The summed E-state index contributed by atoms with van der Waals surface area (Å²) in [7, 11) is 0. The van der Waals surface area contributed by atoms with E-state index in [4.69, 9.17) is 21.2 Å². The summed E-state index contributed by atoms with van der Waals surface area (Å²) in [6, 6.07) is 8.82. The van der Waals surface area contributed by atoms with E-state index in [0.717, 1.165) is 0 Å². The molecule has 86 valence electrons. The number of carbonyl (C=O) groups excluding carboxylic acids is 1. The molecule has 2 rings (SSSR count). The van der Waals surface area contributed by atoms with Crippen LogP contribution in [0.15, 0.2) is 30.3 Å². The van der Waals surface area contributed by atoms with Crippen LogP contribution in [0.4, 0.5) is 0 Å². The van der Waals surface area contributed by atoms with Crippen LogP contribution in [0.25, 0.3) is 0 Å². The molecule has 0 aliphatic carbocycles. The molecule has 1 aromatic carbocycles. The van der Waals surface area contributed by atoms with Crippen LogP contribution < -0.4 is 0 Å². The fourth-order valence-corrected chi connectivity index (χ4v) is 1.62. The van der Waals surface area contributed by atoms with Gasteiger partial charge in [-0.1, -0.05) is 29.8 Å². The normalized spacial score (nSPS) is 21.7. The Morgan fingerprint density at radius 3 is 2.88 bits per heavy atom. The zero-order chi connectivity index (χ0) is 11.4. The van der Waals surface area contributed by atoms with Crippen LogP contribution >= 0.6 is 11.6 Å². The first kappa shape index (κ1) is 11.4. The maximum Gasteiger partial charge on any atom is 0.357 e. The molecule has 0 N–H and O–H groups in total. The molecule has 4 nitrogen and oxygen atoms in total. The number of alkyl halides is 1. The van der Waals surface area contributed by atoms with E-state index in [1.807, 2.05) is 6.07 Å². The van der Waals surface area contributed by atoms with Crippen molar-refractivity contribution < 1.29 is 14.4 Å². The fourth-order valence-electron chi connectivity index (χ4n) is 1.39. The van der Waals surface area contributed by atoms with Gasteiger partial charge in [0, 0.05) is 0 Å². The van der Waals surface area contributed by atoms with Crippen LogP contribution in [0, 0.1) is 0 Å². The zero-order valence-electron chi connectivity index (χ0n) is 8.64. The number of ether oxygens (including phenoxy) is 1. The highest BCUT2D eigenvalue weighted by molar-refractivity contribution is 6.20. The van der Waals surface area contributed by atoms with Crippen LogP contribution in [0.5, 0.6) is 0 Å². The molecule has 1 aromatic rings. The summed E-state index contributed by atoms with van der Waals surface area (Å²) in [5, 5.41) is 1.44. The molecule has 1 aliphatic rings. The minimum Gasteiger partial charge on any atom is -0.377 e. The third-order valence-electron chi connectivity index (χ3n) is 2.23. The summed E-state index contributed by atoms with van der Waals surface area (Å²) in [5.74, 6) is -0.395. The van der Waals surface area contributed by atoms with Gasteiger partial charge < -0.3 is 9.57 Å². The highest BCUT2D eigenvalue weighted by atomic mass is 35.5. The highest BCUT2D eigenvalue weighted by Gasteiger charge is 2.24. The van der Waals surface area contributed by atoms with Crippen LogP contribution in [0.2, 0.25) is 0 Å². The molecule has 1 saturated heterocycles. The van der Waals surface area contributed by atoms with Gasteiger partial charge in [-0.2, -0.15) is 0 Å². The quantitative estimate of drug-likeness (QED) is 0.583. The van der Waals surface area contributed by atoms with E-state index in [9.17, 15) is 4.79 Å². The molecule has 5 heteroatoms. The predicted molar refractivity (Wildman–Crippen MR) is 59.0 cm³/mol. The van der Waals surface area contributed by atoms with Crippen molar-refractivity contribution in [3.05, 3.63) is 35.9 Å². The molecule has 0 amide bonds. The summed E-state index contributed by atoms with van der Waals surface area (Å²) in [5.41, 5.74) is 0.0965. The number of rotatable bonds is 2. The van der Waals surface area contributed by atoms with Gasteiger partial charge in [-0.25, -0.2) is 4.79 Å². The van der Waals surface area contributed by atoms with Crippen molar-refractivity contribution in [2.45, 2.75) is 5.50 Å². The number of halogens is 1. The number of morpholine rings is 1. The first-order valence-corrected chi connectivity index (χ1v) is 5.47. The van der Waals surface area contributed by atoms with Crippen molar-refractivity contribution >= 4 is 17.6 Å². The van der Waals surface area contributed by atoms with Gasteiger partial charge in [0.1, 0.15) is 5.50 Å². The van der Waals surface area contributed by atoms with Crippen molar-refractivity contribution in [1.82, 2.24) is 5.06 Å². The molecule has 0 aromatic heterocycles. The smallest absolute Gasteiger partial charge is 0.357 e.